The van der Waals surface area contributed by atoms with Gasteiger partial charge in [-0.1, -0.05) is 0 Å². The fourth-order valence-corrected chi connectivity index (χ4v) is 2.11. The number of H-pyrrole nitrogens is 1. The monoisotopic (exact) mass is 250 g/mol. The molecule has 0 spiro atoms. The van der Waals surface area contributed by atoms with Gasteiger partial charge in [-0.15, -0.1) is 5.10 Å². The van der Waals surface area contributed by atoms with Crippen LogP contribution in [0.25, 0.3) is 0 Å². The number of aromatic nitrogens is 3. The summed E-state index contributed by atoms with van der Waals surface area (Å²) in [7, 11) is 0. The highest BCUT2D eigenvalue weighted by molar-refractivity contribution is 5.95. The Labute approximate surface area is 103 Å². The van der Waals surface area contributed by atoms with Gasteiger partial charge in [0.05, 0.1) is 0 Å². The molecular weight excluding hydrogens is 236 g/mol. The summed E-state index contributed by atoms with van der Waals surface area (Å²) < 4.78 is 0. The van der Waals surface area contributed by atoms with E-state index in [1.165, 1.54) is 0 Å². The van der Waals surface area contributed by atoms with Gasteiger partial charge in [0.1, 0.15) is 11.4 Å². The molecule has 3 N–H and O–H groups in total. The Morgan fingerprint density at radius 1 is 1.39 bits per heavy atom. The van der Waals surface area contributed by atoms with Crippen molar-refractivity contribution in [2.75, 3.05) is 0 Å². The van der Waals surface area contributed by atoms with E-state index in [0.29, 0.717) is 18.8 Å². The fraction of sp³-hybridized carbons (Fsp3) is 0.636. The van der Waals surface area contributed by atoms with E-state index in [-0.39, 0.29) is 5.82 Å². The second kappa shape index (κ2) is 3.79. The van der Waals surface area contributed by atoms with Crippen molar-refractivity contribution in [3.63, 3.8) is 0 Å². The van der Waals surface area contributed by atoms with Crippen molar-refractivity contribution in [3.8, 4) is 0 Å². The fourth-order valence-electron chi connectivity index (χ4n) is 2.11. The van der Waals surface area contributed by atoms with Crippen molar-refractivity contribution in [1.29, 1.82) is 0 Å². The molecule has 0 unspecified atom stereocenters. The van der Waals surface area contributed by atoms with Gasteiger partial charge in [0, 0.05) is 5.92 Å². The van der Waals surface area contributed by atoms with Crippen LogP contribution in [0.4, 0.5) is 0 Å². The van der Waals surface area contributed by atoms with E-state index in [2.05, 4.69) is 20.5 Å². The predicted molar refractivity (Wildman–Crippen MR) is 60.0 cm³/mol. The SMILES string of the molecule is O=C(NC1(C(=O)O)CCC1)c1n[nH]c(C2CC2)n1. The molecule has 1 aromatic rings. The van der Waals surface area contributed by atoms with E-state index in [1.54, 1.807) is 0 Å². The zero-order chi connectivity index (χ0) is 12.8. The van der Waals surface area contributed by atoms with Gasteiger partial charge in [-0.05, 0) is 32.1 Å². The highest BCUT2D eigenvalue weighted by Crippen LogP contribution is 2.37. The average molecular weight is 250 g/mol. The molecule has 0 aromatic carbocycles. The minimum Gasteiger partial charge on any atom is -0.480 e. The molecule has 0 atom stereocenters. The molecule has 2 aliphatic rings. The molecule has 1 heterocycles. The number of aliphatic carboxylic acids is 1. The molecule has 2 aliphatic carbocycles. The molecule has 18 heavy (non-hydrogen) atoms. The lowest BCUT2D eigenvalue weighted by Crippen LogP contribution is -2.59. The van der Waals surface area contributed by atoms with Crippen LogP contribution in [0.1, 0.15) is 54.5 Å². The number of carbonyl (C=O) groups excluding carboxylic acids is 1. The molecule has 0 saturated heterocycles. The van der Waals surface area contributed by atoms with Crippen LogP contribution >= 0.6 is 0 Å². The third kappa shape index (κ3) is 1.75. The Balaban J connectivity index is 1.71. The minimum absolute atomic E-state index is 0.0319. The Hall–Kier alpha value is -1.92. The van der Waals surface area contributed by atoms with E-state index < -0.39 is 17.4 Å². The van der Waals surface area contributed by atoms with Gasteiger partial charge in [-0.2, -0.15) is 0 Å². The summed E-state index contributed by atoms with van der Waals surface area (Å²) in [6, 6.07) is 0. The highest BCUT2D eigenvalue weighted by atomic mass is 16.4. The molecule has 1 amide bonds. The molecule has 3 rings (SSSR count). The third-order valence-corrected chi connectivity index (χ3v) is 3.64. The van der Waals surface area contributed by atoms with E-state index in [1.807, 2.05) is 0 Å². The van der Waals surface area contributed by atoms with Crippen molar-refractivity contribution in [3.05, 3.63) is 11.6 Å². The summed E-state index contributed by atoms with van der Waals surface area (Å²) in [5.74, 6) is -0.362. The van der Waals surface area contributed by atoms with Gasteiger partial charge < -0.3 is 10.4 Å². The lowest BCUT2D eigenvalue weighted by atomic mass is 9.77. The van der Waals surface area contributed by atoms with E-state index in [0.717, 1.165) is 25.1 Å². The predicted octanol–water partition coefficient (Wildman–Crippen LogP) is 0.419. The number of carbonyl (C=O) groups is 2. The second-order valence-electron chi connectivity index (χ2n) is 5.01. The van der Waals surface area contributed by atoms with Crippen molar-refractivity contribution in [1.82, 2.24) is 20.5 Å². The van der Waals surface area contributed by atoms with Crippen LogP contribution < -0.4 is 5.32 Å². The zero-order valence-corrected chi connectivity index (χ0v) is 9.77. The van der Waals surface area contributed by atoms with Gasteiger partial charge >= 0.3 is 5.97 Å². The smallest absolute Gasteiger partial charge is 0.329 e. The number of nitrogens with zero attached hydrogens (tertiary/aromatic N) is 2. The third-order valence-electron chi connectivity index (χ3n) is 3.64. The maximum absolute atomic E-state index is 11.9. The van der Waals surface area contributed by atoms with Crippen LogP contribution in [0, 0.1) is 0 Å². The Morgan fingerprint density at radius 3 is 2.61 bits per heavy atom. The zero-order valence-electron chi connectivity index (χ0n) is 9.77. The average Bonchev–Trinajstić information content (AvgIpc) is 3.01. The lowest BCUT2D eigenvalue weighted by Gasteiger charge is -2.37. The summed E-state index contributed by atoms with van der Waals surface area (Å²) in [5, 5.41) is 18.2. The topological polar surface area (TPSA) is 108 Å². The first-order valence-corrected chi connectivity index (χ1v) is 6.09. The maximum atomic E-state index is 11.9. The first-order valence-electron chi connectivity index (χ1n) is 6.09. The second-order valence-corrected chi connectivity index (χ2v) is 5.01. The van der Waals surface area contributed by atoms with E-state index in [4.69, 9.17) is 5.11 Å². The quantitative estimate of drug-likeness (QED) is 0.717. The van der Waals surface area contributed by atoms with Gasteiger partial charge in [0.2, 0.25) is 5.82 Å². The molecule has 96 valence electrons. The molecule has 7 nitrogen and oxygen atoms in total. The van der Waals surface area contributed by atoms with Crippen LogP contribution in [-0.4, -0.2) is 37.7 Å². The van der Waals surface area contributed by atoms with Crippen LogP contribution in [0.3, 0.4) is 0 Å². The molecule has 7 heteroatoms. The molecule has 0 aliphatic heterocycles. The molecule has 0 bridgehead atoms. The molecule has 2 fully saturated rings. The molecule has 1 aromatic heterocycles. The van der Waals surface area contributed by atoms with Crippen molar-refractivity contribution in [2.24, 2.45) is 0 Å². The number of rotatable bonds is 4. The van der Waals surface area contributed by atoms with Crippen LogP contribution in [0.5, 0.6) is 0 Å². The summed E-state index contributed by atoms with van der Waals surface area (Å²) in [6.45, 7) is 0. The summed E-state index contributed by atoms with van der Waals surface area (Å²) in [5.41, 5.74) is -1.11. The Kier molecular flexibility index (Phi) is 2.36. The normalized spacial score (nSPS) is 21.1. The van der Waals surface area contributed by atoms with Gasteiger partial charge in [0.25, 0.3) is 5.91 Å². The number of carboxylic acid groups (broad SMARTS) is 1. The number of nitrogens with one attached hydrogen (secondary N) is 2. The summed E-state index contributed by atoms with van der Waals surface area (Å²) in [6.07, 6.45) is 3.88. The largest absolute Gasteiger partial charge is 0.480 e. The first-order chi connectivity index (χ1) is 8.61. The standard InChI is InChI=1S/C11H14N4O3/c16-9(13-11(10(17)18)4-1-5-11)8-12-7(14-15-8)6-2-3-6/h6H,1-5H2,(H,13,16)(H,17,18)(H,12,14,15). The highest BCUT2D eigenvalue weighted by Gasteiger charge is 2.46. The molecule has 0 radical (unpaired) electrons. The van der Waals surface area contributed by atoms with Crippen molar-refractivity contribution in [2.45, 2.75) is 43.6 Å². The first kappa shape index (κ1) is 11.2. The number of hydrogen-bond donors (Lipinski definition) is 3. The van der Waals surface area contributed by atoms with E-state index >= 15 is 0 Å². The minimum atomic E-state index is -1.11. The number of aromatic amines is 1. The van der Waals surface area contributed by atoms with Crippen molar-refractivity contribution < 1.29 is 14.7 Å². The van der Waals surface area contributed by atoms with Gasteiger partial charge in [-0.25, -0.2) is 9.78 Å². The van der Waals surface area contributed by atoms with Gasteiger partial charge in [0.15, 0.2) is 0 Å². The lowest BCUT2D eigenvalue weighted by molar-refractivity contribution is -0.148. The Bertz CT molecular complexity index is 502. The van der Waals surface area contributed by atoms with Crippen LogP contribution in [0.2, 0.25) is 0 Å². The summed E-state index contributed by atoms with van der Waals surface area (Å²) in [4.78, 5) is 27.1. The number of amides is 1. The van der Waals surface area contributed by atoms with Crippen LogP contribution in [0.15, 0.2) is 0 Å². The van der Waals surface area contributed by atoms with Gasteiger partial charge in [-0.3, -0.25) is 9.89 Å². The Morgan fingerprint density at radius 2 is 2.11 bits per heavy atom. The van der Waals surface area contributed by atoms with Crippen molar-refractivity contribution >= 4 is 11.9 Å². The number of hydrogen-bond acceptors (Lipinski definition) is 4. The maximum Gasteiger partial charge on any atom is 0.329 e. The molecule has 2 saturated carbocycles. The van der Waals surface area contributed by atoms with Crippen LogP contribution in [-0.2, 0) is 4.79 Å². The van der Waals surface area contributed by atoms with E-state index in [9.17, 15) is 9.59 Å². The summed E-state index contributed by atoms with van der Waals surface area (Å²) >= 11 is 0. The number of carboxylic acids is 1. The molecular formula is C11H14N4O3.